The fourth-order valence-electron chi connectivity index (χ4n) is 2.64. The van der Waals surface area contributed by atoms with Crippen molar-refractivity contribution in [3.8, 4) is 0 Å². The van der Waals surface area contributed by atoms with Crippen LogP contribution in [0.2, 0.25) is 0 Å². The molecule has 0 saturated heterocycles. The molecule has 4 nitrogen and oxygen atoms in total. The van der Waals surface area contributed by atoms with Gasteiger partial charge in [0.15, 0.2) is 0 Å². The average Bonchev–Trinajstić information content (AvgIpc) is 2.45. The molecule has 110 valence electrons. The van der Waals surface area contributed by atoms with Gasteiger partial charge in [-0.1, -0.05) is 36.2 Å². The number of hydrogen-bond acceptors (Lipinski definition) is 2. The molecule has 0 heterocycles. The molecule has 4 heteroatoms. The topological polar surface area (TPSA) is 61.4 Å². The minimum absolute atomic E-state index is 0.134. The maximum absolute atomic E-state index is 11.7. The molecule has 2 rings (SSSR count). The third-order valence-corrected chi connectivity index (χ3v) is 3.88. The van der Waals surface area contributed by atoms with Gasteiger partial charge in [0.1, 0.15) is 0 Å². The highest BCUT2D eigenvalue weighted by atomic mass is 16.3. The average molecular weight is 276 g/mol. The quantitative estimate of drug-likeness (QED) is 0.790. The summed E-state index contributed by atoms with van der Waals surface area (Å²) in [7, 11) is 0. The zero-order chi connectivity index (χ0) is 14.4. The van der Waals surface area contributed by atoms with Crippen molar-refractivity contribution < 1.29 is 9.90 Å². The lowest BCUT2D eigenvalue weighted by Crippen LogP contribution is -2.39. The van der Waals surface area contributed by atoms with E-state index < -0.39 is 0 Å². The maximum atomic E-state index is 11.7. The standard InChI is InChI=1S/C16H24N2O2/c1-12-5-7-13(8-6-12)10-17-16(20)18-11-14-3-2-4-15(19)9-14/h5-8,14-15,19H,2-4,9-11H2,1H3,(H2,17,18,20). The number of amides is 2. The summed E-state index contributed by atoms with van der Waals surface area (Å²) in [5, 5.41) is 15.3. The Morgan fingerprint density at radius 3 is 2.70 bits per heavy atom. The van der Waals surface area contributed by atoms with E-state index in [0.29, 0.717) is 19.0 Å². The van der Waals surface area contributed by atoms with Crippen molar-refractivity contribution in [3.05, 3.63) is 35.4 Å². The highest BCUT2D eigenvalue weighted by Crippen LogP contribution is 2.23. The Balaban J connectivity index is 1.66. The van der Waals surface area contributed by atoms with Crippen molar-refractivity contribution >= 4 is 6.03 Å². The Morgan fingerprint density at radius 1 is 1.25 bits per heavy atom. The number of rotatable bonds is 4. The molecule has 0 aromatic heterocycles. The molecule has 2 atom stereocenters. The molecule has 20 heavy (non-hydrogen) atoms. The summed E-state index contributed by atoms with van der Waals surface area (Å²) in [6, 6.07) is 7.99. The second-order valence-electron chi connectivity index (χ2n) is 5.74. The summed E-state index contributed by atoms with van der Waals surface area (Å²) in [6.45, 7) is 3.23. The van der Waals surface area contributed by atoms with E-state index >= 15 is 0 Å². The Labute approximate surface area is 120 Å². The number of aryl methyl sites for hydroxylation is 1. The van der Waals surface area contributed by atoms with Gasteiger partial charge in [0.25, 0.3) is 0 Å². The first kappa shape index (κ1) is 14.9. The molecule has 1 aromatic carbocycles. The summed E-state index contributed by atoms with van der Waals surface area (Å²) in [5.74, 6) is 0.406. The predicted molar refractivity (Wildman–Crippen MR) is 79.4 cm³/mol. The van der Waals surface area contributed by atoms with E-state index in [9.17, 15) is 9.90 Å². The Bertz CT molecular complexity index is 431. The van der Waals surface area contributed by atoms with Gasteiger partial charge in [-0.25, -0.2) is 4.79 Å². The van der Waals surface area contributed by atoms with Crippen LogP contribution < -0.4 is 10.6 Å². The van der Waals surface area contributed by atoms with Crippen LogP contribution in [0.3, 0.4) is 0 Å². The van der Waals surface area contributed by atoms with Gasteiger partial charge in [0.05, 0.1) is 6.10 Å². The zero-order valence-corrected chi connectivity index (χ0v) is 12.1. The predicted octanol–water partition coefficient (Wildman–Crippen LogP) is 2.35. The number of carbonyl (C=O) groups excluding carboxylic acids is 1. The zero-order valence-electron chi connectivity index (χ0n) is 12.1. The van der Waals surface area contributed by atoms with E-state index in [0.717, 1.165) is 31.2 Å². The molecule has 3 N–H and O–H groups in total. The maximum Gasteiger partial charge on any atom is 0.315 e. The summed E-state index contributed by atoms with van der Waals surface area (Å²) in [5.41, 5.74) is 2.31. The Kier molecular flexibility index (Phi) is 5.41. The fourth-order valence-corrected chi connectivity index (χ4v) is 2.64. The molecular formula is C16H24N2O2. The lowest BCUT2D eigenvalue weighted by molar-refractivity contribution is 0.101. The van der Waals surface area contributed by atoms with Gasteiger partial charge in [-0.15, -0.1) is 0 Å². The molecule has 2 amide bonds. The molecule has 1 aliphatic rings. The molecule has 0 bridgehead atoms. The van der Waals surface area contributed by atoms with E-state index in [1.165, 1.54) is 5.56 Å². The number of aliphatic hydroxyl groups is 1. The minimum Gasteiger partial charge on any atom is -0.393 e. The van der Waals surface area contributed by atoms with Gasteiger partial charge in [0, 0.05) is 13.1 Å². The van der Waals surface area contributed by atoms with E-state index in [1.807, 2.05) is 31.2 Å². The third kappa shape index (κ3) is 4.85. The van der Waals surface area contributed by atoms with E-state index in [-0.39, 0.29) is 12.1 Å². The third-order valence-electron chi connectivity index (χ3n) is 3.88. The largest absolute Gasteiger partial charge is 0.393 e. The molecule has 2 unspecified atom stereocenters. The highest BCUT2D eigenvalue weighted by Gasteiger charge is 2.20. The lowest BCUT2D eigenvalue weighted by Gasteiger charge is -2.25. The molecule has 1 aliphatic carbocycles. The van der Waals surface area contributed by atoms with Gasteiger partial charge in [0.2, 0.25) is 0 Å². The SMILES string of the molecule is Cc1ccc(CNC(=O)NCC2CCCC(O)C2)cc1. The van der Waals surface area contributed by atoms with Crippen LogP contribution in [0.5, 0.6) is 0 Å². The Hall–Kier alpha value is -1.55. The van der Waals surface area contributed by atoms with Crippen LogP contribution in [-0.4, -0.2) is 23.8 Å². The van der Waals surface area contributed by atoms with Crippen molar-refractivity contribution in [2.24, 2.45) is 5.92 Å². The van der Waals surface area contributed by atoms with Crippen molar-refractivity contribution in [2.75, 3.05) is 6.54 Å². The summed E-state index contributed by atoms with van der Waals surface area (Å²) in [4.78, 5) is 11.7. The monoisotopic (exact) mass is 276 g/mol. The molecular weight excluding hydrogens is 252 g/mol. The second kappa shape index (κ2) is 7.29. The minimum atomic E-state index is -0.189. The molecule has 0 radical (unpaired) electrons. The van der Waals surface area contributed by atoms with Gasteiger partial charge in [-0.05, 0) is 37.7 Å². The number of aliphatic hydroxyl groups excluding tert-OH is 1. The van der Waals surface area contributed by atoms with Gasteiger partial charge in [-0.2, -0.15) is 0 Å². The van der Waals surface area contributed by atoms with Crippen LogP contribution in [0, 0.1) is 12.8 Å². The summed E-state index contributed by atoms with van der Waals surface area (Å²) < 4.78 is 0. The second-order valence-corrected chi connectivity index (χ2v) is 5.74. The fraction of sp³-hybridized carbons (Fsp3) is 0.562. The number of nitrogens with one attached hydrogen (secondary N) is 2. The van der Waals surface area contributed by atoms with Crippen LogP contribution in [0.15, 0.2) is 24.3 Å². The van der Waals surface area contributed by atoms with Crippen molar-refractivity contribution in [2.45, 2.75) is 45.3 Å². The van der Waals surface area contributed by atoms with Crippen LogP contribution in [0.1, 0.15) is 36.8 Å². The first-order chi connectivity index (χ1) is 9.63. The van der Waals surface area contributed by atoms with Crippen LogP contribution in [0.25, 0.3) is 0 Å². The number of urea groups is 1. The van der Waals surface area contributed by atoms with E-state index in [4.69, 9.17) is 0 Å². The van der Waals surface area contributed by atoms with Crippen LogP contribution in [0.4, 0.5) is 4.79 Å². The van der Waals surface area contributed by atoms with Gasteiger partial charge < -0.3 is 15.7 Å². The normalized spacial score (nSPS) is 22.3. The van der Waals surface area contributed by atoms with Crippen molar-refractivity contribution in [1.29, 1.82) is 0 Å². The number of benzene rings is 1. The van der Waals surface area contributed by atoms with Crippen LogP contribution in [-0.2, 0) is 6.54 Å². The Morgan fingerprint density at radius 2 is 2.00 bits per heavy atom. The van der Waals surface area contributed by atoms with Crippen LogP contribution >= 0.6 is 0 Å². The molecule has 1 aromatic rings. The van der Waals surface area contributed by atoms with Gasteiger partial charge >= 0.3 is 6.03 Å². The van der Waals surface area contributed by atoms with E-state index in [2.05, 4.69) is 10.6 Å². The number of hydrogen-bond donors (Lipinski definition) is 3. The lowest BCUT2D eigenvalue weighted by atomic mass is 9.87. The molecule has 1 saturated carbocycles. The van der Waals surface area contributed by atoms with Crippen molar-refractivity contribution in [1.82, 2.24) is 10.6 Å². The molecule has 0 aliphatic heterocycles. The van der Waals surface area contributed by atoms with Crippen molar-refractivity contribution in [3.63, 3.8) is 0 Å². The molecule has 0 spiro atoms. The first-order valence-electron chi connectivity index (χ1n) is 7.39. The summed E-state index contributed by atoms with van der Waals surface area (Å²) in [6.07, 6.45) is 3.66. The number of carbonyl (C=O) groups is 1. The first-order valence-corrected chi connectivity index (χ1v) is 7.39. The smallest absolute Gasteiger partial charge is 0.315 e. The summed E-state index contributed by atoms with van der Waals surface area (Å²) >= 11 is 0. The molecule has 1 fully saturated rings. The van der Waals surface area contributed by atoms with Gasteiger partial charge in [-0.3, -0.25) is 0 Å². The van der Waals surface area contributed by atoms with E-state index in [1.54, 1.807) is 0 Å². The highest BCUT2D eigenvalue weighted by molar-refractivity contribution is 5.73.